The van der Waals surface area contributed by atoms with Crippen LogP contribution in [0.4, 0.5) is 0 Å². The monoisotopic (exact) mass is 246 g/mol. The van der Waals surface area contributed by atoms with Gasteiger partial charge in [-0.2, -0.15) is 0 Å². The van der Waals surface area contributed by atoms with E-state index < -0.39 is 10.8 Å². The summed E-state index contributed by atoms with van der Waals surface area (Å²) in [6.07, 6.45) is 4.51. The van der Waals surface area contributed by atoms with E-state index in [1.807, 2.05) is 11.6 Å². The van der Waals surface area contributed by atoms with E-state index in [4.69, 9.17) is 0 Å². The van der Waals surface area contributed by atoms with Crippen molar-refractivity contribution in [3.05, 3.63) is 16.6 Å². The molecular weight excluding hydrogens is 228 g/mol. The van der Waals surface area contributed by atoms with Gasteiger partial charge in [-0.1, -0.05) is 0 Å². The van der Waals surface area contributed by atoms with Gasteiger partial charge in [-0.05, 0) is 20.3 Å². The summed E-state index contributed by atoms with van der Waals surface area (Å²) in [6, 6.07) is 0.665. The maximum Gasteiger partial charge on any atom is 0.109 e. The van der Waals surface area contributed by atoms with E-state index >= 15 is 0 Å². The SMILES string of the molecule is CC(CCS(C)=O)NC(C)c1nccs1. The summed E-state index contributed by atoms with van der Waals surface area (Å²) in [5.74, 6) is 0.763. The summed E-state index contributed by atoms with van der Waals surface area (Å²) in [7, 11) is -0.691. The van der Waals surface area contributed by atoms with Gasteiger partial charge in [0.25, 0.3) is 0 Å². The molecule has 15 heavy (non-hydrogen) atoms. The fraction of sp³-hybridized carbons (Fsp3) is 0.700. The van der Waals surface area contributed by atoms with E-state index in [0.717, 1.165) is 17.2 Å². The Morgan fingerprint density at radius 3 is 2.87 bits per heavy atom. The van der Waals surface area contributed by atoms with Crippen LogP contribution in [0.5, 0.6) is 0 Å². The lowest BCUT2D eigenvalue weighted by Crippen LogP contribution is -2.30. The molecule has 1 aromatic heterocycles. The Morgan fingerprint density at radius 2 is 2.33 bits per heavy atom. The number of hydrogen-bond donors (Lipinski definition) is 1. The second-order valence-electron chi connectivity index (χ2n) is 3.73. The Morgan fingerprint density at radius 1 is 1.60 bits per heavy atom. The Hall–Kier alpha value is -0.260. The van der Waals surface area contributed by atoms with Crippen LogP contribution in [0.1, 0.15) is 31.3 Å². The van der Waals surface area contributed by atoms with Gasteiger partial charge in [0.05, 0.1) is 6.04 Å². The lowest BCUT2D eigenvalue weighted by Gasteiger charge is -2.17. The molecule has 1 rings (SSSR count). The number of hydrogen-bond acceptors (Lipinski definition) is 4. The third kappa shape index (κ3) is 4.86. The highest BCUT2D eigenvalue weighted by Crippen LogP contribution is 2.15. The first-order valence-electron chi connectivity index (χ1n) is 5.05. The smallest absolute Gasteiger partial charge is 0.109 e. The Bertz CT molecular complexity index is 300. The molecule has 0 aliphatic rings. The first-order valence-corrected chi connectivity index (χ1v) is 7.65. The quantitative estimate of drug-likeness (QED) is 0.834. The lowest BCUT2D eigenvalue weighted by atomic mass is 10.2. The minimum absolute atomic E-state index is 0.283. The van der Waals surface area contributed by atoms with Crippen LogP contribution in [-0.4, -0.2) is 27.2 Å². The summed E-state index contributed by atoms with van der Waals surface area (Å²) in [5, 5.41) is 6.55. The summed E-state index contributed by atoms with van der Waals surface area (Å²) in [5.41, 5.74) is 0. The number of thiazole rings is 1. The maximum atomic E-state index is 10.9. The van der Waals surface area contributed by atoms with Gasteiger partial charge in [-0.25, -0.2) is 4.98 Å². The second-order valence-corrected chi connectivity index (χ2v) is 6.21. The fourth-order valence-corrected chi connectivity index (χ4v) is 2.71. The highest BCUT2D eigenvalue weighted by Gasteiger charge is 2.11. The van der Waals surface area contributed by atoms with E-state index in [-0.39, 0.29) is 6.04 Å². The van der Waals surface area contributed by atoms with Crippen molar-refractivity contribution in [1.29, 1.82) is 0 Å². The first-order chi connectivity index (χ1) is 7.09. The van der Waals surface area contributed by atoms with Crippen molar-refractivity contribution in [2.75, 3.05) is 12.0 Å². The molecule has 3 atom stereocenters. The van der Waals surface area contributed by atoms with Crippen LogP contribution in [0.25, 0.3) is 0 Å². The maximum absolute atomic E-state index is 10.9. The zero-order valence-electron chi connectivity index (χ0n) is 9.40. The van der Waals surface area contributed by atoms with Crippen LogP contribution in [0.3, 0.4) is 0 Å². The average molecular weight is 246 g/mol. The van der Waals surface area contributed by atoms with Gasteiger partial charge < -0.3 is 5.32 Å². The van der Waals surface area contributed by atoms with Crippen molar-refractivity contribution in [3.8, 4) is 0 Å². The van der Waals surface area contributed by atoms with Gasteiger partial charge in [0.15, 0.2) is 0 Å². The van der Waals surface area contributed by atoms with Crippen LogP contribution in [-0.2, 0) is 10.8 Å². The van der Waals surface area contributed by atoms with Gasteiger partial charge >= 0.3 is 0 Å². The van der Waals surface area contributed by atoms with Crippen molar-refractivity contribution in [1.82, 2.24) is 10.3 Å². The van der Waals surface area contributed by atoms with Crippen LogP contribution >= 0.6 is 11.3 Å². The van der Waals surface area contributed by atoms with Gasteiger partial charge in [0.1, 0.15) is 5.01 Å². The van der Waals surface area contributed by atoms with Gasteiger partial charge in [0.2, 0.25) is 0 Å². The molecule has 0 aliphatic heterocycles. The van der Waals surface area contributed by atoms with Crippen LogP contribution < -0.4 is 5.32 Å². The van der Waals surface area contributed by atoms with Crippen molar-refractivity contribution >= 4 is 22.1 Å². The third-order valence-electron chi connectivity index (χ3n) is 2.19. The molecule has 3 unspecified atom stereocenters. The molecule has 0 aliphatic carbocycles. The highest BCUT2D eigenvalue weighted by molar-refractivity contribution is 7.84. The van der Waals surface area contributed by atoms with Crippen molar-refractivity contribution in [2.24, 2.45) is 0 Å². The molecule has 0 spiro atoms. The number of aromatic nitrogens is 1. The predicted octanol–water partition coefficient (Wildman–Crippen LogP) is 1.95. The standard InChI is InChI=1S/C10H18N2OS2/c1-8(4-7-15(3)13)12-9(2)10-11-5-6-14-10/h5-6,8-9,12H,4,7H2,1-3H3. The zero-order valence-corrected chi connectivity index (χ0v) is 11.0. The molecule has 1 N–H and O–H groups in total. The largest absolute Gasteiger partial charge is 0.306 e. The molecule has 0 bridgehead atoms. The molecular formula is C10H18N2OS2. The Balaban J connectivity index is 2.31. The predicted molar refractivity (Wildman–Crippen MR) is 66.7 cm³/mol. The average Bonchev–Trinajstić information content (AvgIpc) is 2.67. The Kier molecular flexibility index (Phi) is 5.42. The van der Waals surface area contributed by atoms with E-state index in [0.29, 0.717) is 6.04 Å². The van der Waals surface area contributed by atoms with E-state index in [1.165, 1.54) is 0 Å². The van der Waals surface area contributed by atoms with Crippen molar-refractivity contribution in [2.45, 2.75) is 32.4 Å². The highest BCUT2D eigenvalue weighted by atomic mass is 32.2. The number of nitrogens with one attached hydrogen (secondary N) is 1. The van der Waals surface area contributed by atoms with E-state index in [1.54, 1.807) is 17.6 Å². The lowest BCUT2D eigenvalue weighted by molar-refractivity contribution is 0.469. The van der Waals surface area contributed by atoms with Crippen LogP contribution in [0.15, 0.2) is 11.6 Å². The molecule has 0 aromatic carbocycles. The summed E-state index contributed by atoms with van der Waals surface area (Å²) in [4.78, 5) is 4.26. The molecule has 0 saturated carbocycles. The summed E-state index contributed by atoms with van der Waals surface area (Å²) < 4.78 is 10.9. The Labute approximate surface area is 97.8 Å². The van der Waals surface area contributed by atoms with Gasteiger partial charge in [0, 0.05) is 40.4 Å². The van der Waals surface area contributed by atoms with E-state index in [2.05, 4.69) is 24.1 Å². The molecule has 0 fully saturated rings. The third-order valence-corrected chi connectivity index (χ3v) is 3.96. The number of rotatable bonds is 6. The van der Waals surface area contributed by atoms with E-state index in [9.17, 15) is 4.21 Å². The first kappa shape index (κ1) is 12.8. The van der Waals surface area contributed by atoms with Crippen molar-refractivity contribution in [3.63, 3.8) is 0 Å². The minimum Gasteiger partial charge on any atom is -0.306 e. The molecule has 3 nitrogen and oxygen atoms in total. The number of nitrogens with zero attached hydrogens (tertiary/aromatic N) is 1. The molecule has 86 valence electrons. The topological polar surface area (TPSA) is 42.0 Å². The molecule has 0 amide bonds. The van der Waals surface area contributed by atoms with Crippen LogP contribution in [0, 0.1) is 0 Å². The second kappa shape index (κ2) is 6.35. The molecule has 0 saturated heterocycles. The fourth-order valence-electron chi connectivity index (χ4n) is 1.37. The van der Waals surface area contributed by atoms with Crippen molar-refractivity contribution < 1.29 is 4.21 Å². The van der Waals surface area contributed by atoms with Crippen LogP contribution in [0.2, 0.25) is 0 Å². The summed E-state index contributed by atoms with van der Waals surface area (Å²) in [6.45, 7) is 4.23. The minimum atomic E-state index is -0.691. The zero-order chi connectivity index (χ0) is 11.3. The molecule has 5 heteroatoms. The van der Waals surface area contributed by atoms with Gasteiger partial charge in [-0.15, -0.1) is 11.3 Å². The molecule has 1 aromatic rings. The molecule has 0 radical (unpaired) electrons. The molecule has 1 heterocycles. The normalized spacial score (nSPS) is 17.3. The van der Waals surface area contributed by atoms with Gasteiger partial charge in [-0.3, -0.25) is 4.21 Å². The summed E-state index contributed by atoms with van der Waals surface area (Å²) >= 11 is 1.66.